The number of alkyl halides is 3. The van der Waals surface area contributed by atoms with Gasteiger partial charge in [-0.15, -0.1) is 0 Å². The Labute approximate surface area is 142 Å². The number of hydrogen-bond donors (Lipinski definition) is 1. The van der Waals surface area contributed by atoms with Gasteiger partial charge in [-0.2, -0.15) is 13.2 Å². The largest absolute Gasteiger partial charge is 0.469 e. The number of halogens is 3. The molecule has 0 fully saturated rings. The molecule has 1 aromatic carbocycles. The van der Waals surface area contributed by atoms with E-state index in [0.29, 0.717) is 6.07 Å². The zero-order valence-electron chi connectivity index (χ0n) is 13.8. The van der Waals surface area contributed by atoms with E-state index in [1.165, 1.54) is 20.1 Å². The van der Waals surface area contributed by atoms with Gasteiger partial charge in [-0.25, -0.2) is 4.79 Å². The topological polar surface area (TPSA) is 81.7 Å². The second-order valence-corrected chi connectivity index (χ2v) is 5.29. The maximum atomic E-state index is 12.7. The predicted octanol–water partition coefficient (Wildman–Crippen LogP) is 2.18. The van der Waals surface area contributed by atoms with Gasteiger partial charge in [-0.3, -0.25) is 9.59 Å². The monoisotopic (exact) mass is 361 g/mol. The third kappa shape index (κ3) is 5.77. The van der Waals surface area contributed by atoms with Gasteiger partial charge in [0.15, 0.2) is 0 Å². The fraction of sp³-hybridized carbons (Fsp3) is 0.438. The highest BCUT2D eigenvalue weighted by Gasteiger charge is 2.32. The Kier molecular flexibility index (Phi) is 6.96. The first-order valence-corrected chi connectivity index (χ1v) is 7.24. The van der Waals surface area contributed by atoms with Crippen LogP contribution in [-0.2, 0) is 25.2 Å². The van der Waals surface area contributed by atoms with Crippen LogP contribution in [0.5, 0.6) is 0 Å². The molecule has 0 radical (unpaired) electrons. The molecule has 6 nitrogen and oxygen atoms in total. The number of nitrogens with one attached hydrogen (secondary N) is 1. The lowest BCUT2D eigenvalue weighted by Crippen LogP contribution is -2.43. The molecule has 0 aliphatic carbocycles. The van der Waals surface area contributed by atoms with E-state index in [1.807, 2.05) is 0 Å². The summed E-state index contributed by atoms with van der Waals surface area (Å²) in [5.41, 5.74) is -1.26. The highest BCUT2D eigenvalue weighted by atomic mass is 19.4. The summed E-state index contributed by atoms with van der Waals surface area (Å²) in [6.45, 7) is 1.48. The first-order chi connectivity index (χ1) is 11.6. The van der Waals surface area contributed by atoms with Crippen molar-refractivity contribution >= 4 is 17.8 Å². The molecule has 9 heteroatoms. The first-order valence-electron chi connectivity index (χ1n) is 7.24. The molecule has 0 saturated heterocycles. The predicted molar refractivity (Wildman–Crippen MR) is 80.5 cm³/mol. The summed E-state index contributed by atoms with van der Waals surface area (Å²) in [7, 11) is 2.27. The third-order valence-electron chi connectivity index (χ3n) is 3.44. The van der Waals surface area contributed by atoms with Crippen molar-refractivity contribution in [3.05, 3.63) is 35.4 Å². The number of benzene rings is 1. The number of amides is 1. The maximum absolute atomic E-state index is 12.7. The zero-order chi connectivity index (χ0) is 19.2. The molecule has 0 aromatic heterocycles. The number of esters is 2. The highest BCUT2D eigenvalue weighted by molar-refractivity contribution is 5.97. The van der Waals surface area contributed by atoms with Crippen LogP contribution in [0.25, 0.3) is 0 Å². The lowest BCUT2D eigenvalue weighted by atomic mass is 10.0. The van der Waals surface area contributed by atoms with Crippen LogP contribution in [0.3, 0.4) is 0 Å². The van der Waals surface area contributed by atoms with Gasteiger partial charge in [0.05, 0.1) is 25.7 Å². The fourth-order valence-electron chi connectivity index (χ4n) is 2.09. The van der Waals surface area contributed by atoms with E-state index in [-0.39, 0.29) is 12.0 Å². The number of hydrogen-bond acceptors (Lipinski definition) is 5. The number of rotatable bonds is 6. The molecule has 2 atom stereocenters. The van der Waals surface area contributed by atoms with Gasteiger partial charge < -0.3 is 14.8 Å². The SMILES string of the molecule is COC(=O)[C@H](C)C[C@@H](NC(=O)c1cccc(C(F)(F)F)c1)C(=O)OC. The van der Waals surface area contributed by atoms with Crippen molar-refractivity contribution < 1.29 is 37.0 Å². The first kappa shape index (κ1) is 20.5. The van der Waals surface area contributed by atoms with Crippen molar-refractivity contribution in [3.8, 4) is 0 Å². The van der Waals surface area contributed by atoms with Crippen molar-refractivity contribution in [2.75, 3.05) is 14.2 Å². The third-order valence-corrected chi connectivity index (χ3v) is 3.44. The summed E-state index contributed by atoms with van der Waals surface area (Å²) >= 11 is 0. The molecular formula is C16H18F3NO5. The minimum absolute atomic E-state index is 0.121. The van der Waals surface area contributed by atoms with Gasteiger partial charge in [0.2, 0.25) is 0 Å². The van der Waals surface area contributed by atoms with Crippen molar-refractivity contribution in [3.63, 3.8) is 0 Å². The van der Waals surface area contributed by atoms with E-state index in [4.69, 9.17) is 0 Å². The Balaban J connectivity index is 2.95. The van der Waals surface area contributed by atoms with Gasteiger partial charge >= 0.3 is 18.1 Å². The van der Waals surface area contributed by atoms with E-state index >= 15 is 0 Å². The molecule has 0 heterocycles. The Morgan fingerprint density at radius 1 is 1.12 bits per heavy atom. The van der Waals surface area contributed by atoms with Crippen LogP contribution in [0.15, 0.2) is 24.3 Å². The molecule has 1 amide bonds. The van der Waals surface area contributed by atoms with Crippen molar-refractivity contribution in [2.24, 2.45) is 5.92 Å². The number of methoxy groups -OCH3 is 2. The molecule has 0 saturated carbocycles. The van der Waals surface area contributed by atoms with Gasteiger partial charge in [0.25, 0.3) is 5.91 Å². The zero-order valence-corrected chi connectivity index (χ0v) is 13.8. The Morgan fingerprint density at radius 2 is 1.72 bits per heavy atom. The van der Waals surface area contributed by atoms with Gasteiger partial charge in [-0.05, 0) is 24.6 Å². The lowest BCUT2D eigenvalue weighted by molar-refractivity contribution is -0.147. The van der Waals surface area contributed by atoms with Crippen LogP contribution < -0.4 is 5.32 Å². The second kappa shape index (κ2) is 8.50. The molecule has 0 bridgehead atoms. The summed E-state index contributed by atoms with van der Waals surface area (Å²) in [6, 6.07) is 2.56. The van der Waals surface area contributed by atoms with Gasteiger partial charge in [0.1, 0.15) is 6.04 Å². The standard InChI is InChI=1S/C16H18F3NO5/c1-9(14(22)24-2)7-12(15(23)25-3)20-13(21)10-5-4-6-11(8-10)16(17,18)19/h4-6,8-9,12H,7H2,1-3H3,(H,20,21)/t9-,12-/m1/s1. The van der Waals surface area contributed by atoms with Crippen LogP contribution in [0.2, 0.25) is 0 Å². The molecule has 0 unspecified atom stereocenters. The normalized spacial score (nSPS) is 13.5. The molecule has 0 spiro atoms. The number of carbonyl (C=O) groups is 3. The molecule has 25 heavy (non-hydrogen) atoms. The van der Waals surface area contributed by atoms with E-state index < -0.39 is 41.5 Å². The van der Waals surface area contributed by atoms with Crippen molar-refractivity contribution in [2.45, 2.75) is 25.6 Å². The van der Waals surface area contributed by atoms with Crippen LogP contribution in [0.1, 0.15) is 29.3 Å². The smallest absolute Gasteiger partial charge is 0.416 e. The van der Waals surface area contributed by atoms with E-state index in [9.17, 15) is 27.6 Å². The average molecular weight is 361 g/mol. The van der Waals surface area contributed by atoms with Gasteiger partial charge in [0, 0.05) is 5.56 Å². The van der Waals surface area contributed by atoms with Crippen LogP contribution in [-0.4, -0.2) is 38.1 Å². The Bertz CT molecular complexity index is 645. The lowest BCUT2D eigenvalue weighted by Gasteiger charge is -2.19. The quantitative estimate of drug-likeness (QED) is 0.786. The van der Waals surface area contributed by atoms with E-state index in [1.54, 1.807) is 0 Å². The Morgan fingerprint density at radius 3 is 2.24 bits per heavy atom. The van der Waals surface area contributed by atoms with Crippen LogP contribution in [0.4, 0.5) is 13.2 Å². The number of carbonyl (C=O) groups excluding carboxylic acids is 3. The van der Waals surface area contributed by atoms with Crippen molar-refractivity contribution in [1.82, 2.24) is 5.32 Å². The summed E-state index contributed by atoms with van der Waals surface area (Å²) in [5.74, 6) is -3.03. The molecule has 0 aliphatic heterocycles. The summed E-state index contributed by atoms with van der Waals surface area (Å²) in [4.78, 5) is 35.4. The molecule has 0 aliphatic rings. The minimum Gasteiger partial charge on any atom is -0.469 e. The summed E-state index contributed by atoms with van der Waals surface area (Å²) < 4.78 is 47.3. The van der Waals surface area contributed by atoms with Crippen LogP contribution in [0, 0.1) is 5.92 Å². The number of ether oxygens (including phenoxy) is 2. The van der Waals surface area contributed by atoms with E-state index in [0.717, 1.165) is 19.2 Å². The molecule has 138 valence electrons. The van der Waals surface area contributed by atoms with Crippen molar-refractivity contribution in [1.29, 1.82) is 0 Å². The molecule has 1 N–H and O–H groups in total. The summed E-state index contributed by atoms with van der Waals surface area (Å²) in [5, 5.41) is 2.28. The second-order valence-electron chi connectivity index (χ2n) is 5.29. The average Bonchev–Trinajstić information content (AvgIpc) is 2.58. The molecular weight excluding hydrogens is 343 g/mol. The molecule has 1 aromatic rings. The highest BCUT2D eigenvalue weighted by Crippen LogP contribution is 2.29. The minimum atomic E-state index is -4.60. The maximum Gasteiger partial charge on any atom is 0.416 e. The van der Waals surface area contributed by atoms with Crippen LogP contribution >= 0.6 is 0 Å². The molecule has 1 rings (SSSR count). The fourth-order valence-corrected chi connectivity index (χ4v) is 2.09. The van der Waals surface area contributed by atoms with E-state index in [2.05, 4.69) is 14.8 Å². The summed E-state index contributed by atoms with van der Waals surface area (Å²) in [6.07, 6.45) is -4.72. The van der Waals surface area contributed by atoms with Gasteiger partial charge in [-0.1, -0.05) is 13.0 Å². The Hall–Kier alpha value is -2.58.